The van der Waals surface area contributed by atoms with Crippen molar-refractivity contribution in [2.24, 2.45) is 0 Å². The summed E-state index contributed by atoms with van der Waals surface area (Å²) in [6, 6.07) is 8.21. The van der Waals surface area contributed by atoms with Gasteiger partial charge in [0.2, 0.25) is 0 Å². The van der Waals surface area contributed by atoms with Gasteiger partial charge in [-0.2, -0.15) is 0 Å². The summed E-state index contributed by atoms with van der Waals surface area (Å²) in [5.74, 6) is 1.50. The molecule has 2 rings (SSSR count). The molecule has 0 amide bonds. The molecule has 0 radical (unpaired) electrons. The number of nitrogens with one attached hydrogen (secondary N) is 2. The molecule has 0 saturated heterocycles. The van der Waals surface area contributed by atoms with Crippen molar-refractivity contribution in [2.75, 3.05) is 17.7 Å². The molecule has 0 aliphatic carbocycles. The first-order chi connectivity index (χ1) is 8.33. The minimum atomic E-state index is 0.748. The smallest absolute Gasteiger partial charge is 0.151 e. The Labute approximate surface area is 101 Å². The highest BCUT2D eigenvalue weighted by Crippen LogP contribution is 2.20. The Bertz CT molecular complexity index is 496. The number of nitrogens with zero attached hydrogens (tertiary/aromatic N) is 2. The first-order valence-corrected chi connectivity index (χ1v) is 5.68. The topological polar surface area (TPSA) is 49.8 Å². The Balaban J connectivity index is 2.24. The first-order valence-electron chi connectivity index (χ1n) is 5.68. The van der Waals surface area contributed by atoms with Crippen molar-refractivity contribution in [1.82, 2.24) is 9.97 Å². The van der Waals surface area contributed by atoms with Crippen LogP contribution in [0.4, 0.5) is 17.3 Å². The van der Waals surface area contributed by atoms with Gasteiger partial charge in [-0.05, 0) is 18.1 Å². The Hall–Kier alpha value is -2.10. The lowest BCUT2D eigenvalue weighted by Gasteiger charge is -2.10. The van der Waals surface area contributed by atoms with Gasteiger partial charge in [0.1, 0.15) is 5.82 Å². The number of para-hydroxylation sites is 1. The van der Waals surface area contributed by atoms with Crippen molar-refractivity contribution in [2.45, 2.75) is 13.3 Å². The van der Waals surface area contributed by atoms with Gasteiger partial charge in [0.25, 0.3) is 0 Å². The standard InChI is InChI=1S/C13H16N4/c1-3-10-6-4-5-7-11(10)16-13-9-15-8-12(14-2)17-13/h4-9H,3H2,1-2H3,(H2,14,16,17). The fraction of sp³-hybridized carbons (Fsp3) is 0.231. The second kappa shape index (κ2) is 5.30. The molecule has 1 aromatic heterocycles. The zero-order valence-electron chi connectivity index (χ0n) is 10.1. The van der Waals surface area contributed by atoms with Crippen LogP contribution in [0.5, 0.6) is 0 Å². The molecule has 0 aliphatic heterocycles. The van der Waals surface area contributed by atoms with E-state index < -0.39 is 0 Å². The van der Waals surface area contributed by atoms with Crippen molar-refractivity contribution >= 4 is 17.3 Å². The Morgan fingerprint density at radius 3 is 2.65 bits per heavy atom. The largest absolute Gasteiger partial charge is 0.372 e. The van der Waals surface area contributed by atoms with E-state index >= 15 is 0 Å². The van der Waals surface area contributed by atoms with E-state index in [-0.39, 0.29) is 0 Å². The quantitative estimate of drug-likeness (QED) is 0.844. The second-order valence-corrected chi connectivity index (χ2v) is 3.68. The fourth-order valence-corrected chi connectivity index (χ4v) is 1.64. The maximum Gasteiger partial charge on any atom is 0.151 e. The van der Waals surface area contributed by atoms with Gasteiger partial charge in [-0.15, -0.1) is 0 Å². The third kappa shape index (κ3) is 2.72. The van der Waals surface area contributed by atoms with E-state index in [0.717, 1.165) is 23.7 Å². The zero-order valence-corrected chi connectivity index (χ0v) is 10.1. The third-order valence-corrected chi connectivity index (χ3v) is 2.55. The summed E-state index contributed by atoms with van der Waals surface area (Å²) in [6.45, 7) is 2.14. The maximum atomic E-state index is 4.38. The Kier molecular flexibility index (Phi) is 3.55. The zero-order chi connectivity index (χ0) is 12.1. The average Bonchev–Trinajstić information content (AvgIpc) is 2.39. The van der Waals surface area contributed by atoms with E-state index in [0.29, 0.717) is 0 Å². The number of benzene rings is 1. The molecule has 1 aromatic carbocycles. The molecular formula is C13H16N4. The molecule has 0 bridgehead atoms. The molecule has 1 heterocycles. The van der Waals surface area contributed by atoms with Crippen molar-refractivity contribution in [1.29, 1.82) is 0 Å². The molecule has 17 heavy (non-hydrogen) atoms. The van der Waals surface area contributed by atoms with Crippen LogP contribution in [0.3, 0.4) is 0 Å². The average molecular weight is 228 g/mol. The van der Waals surface area contributed by atoms with E-state index in [4.69, 9.17) is 0 Å². The number of hydrogen-bond acceptors (Lipinski definition) is 4. The van der Waals surface area contributed by atoms with Gasteiger partial charge in [0.15, 0.2) is 5.82 Å². The number of aromatic nitrogens is 2. The summed E-state index contributed by atoms with van der Waals surface area (Å²) in [7, 11) is 1.83. The first kappa shape index (κ1) is 11.4. The molecule has 88 valence electrons. The van der Waals surface area contributed by atoms with Gasteiger partial charge in [-0.1, -0.05) is 25.1 Å². The fourth-order valence-electron chi connectivity index (χ4n) is 1.64. The van der Waals surface area contributed by atoms with Crippen LogP contribution < -0.4 is 10.6 Å². The van der Waals surface area contributed by atoms with E-state index in [2.05, 4.69) is 33.6 Å². The molecule has 0 fully saturated rings. The van der Waals surface area contributed by atoms with Crippen LogP contribution in [-0.2, 0) is 6.42 Å². The van der Waals surface area contributed by atoms with E-state index in [1.165, 1.54) is 5.56 Å². The summed E-state index contributed by atoms with van der Waals surface area (Å²) in [6.07, 6.45) is 4.40. The molecule has 2 aromatic rings. The minimum absolute atomic E-state index is 0.748. The number of rotatable bonds is 4. The highest BCUT2D eigenvalue weighted by atomic mass is 15.1. The normalized spacial score (nSPS) is 10.0. The van der Waals surface area contributed by atoms with Gasteiger partial charge in [0.05, 0.1) is 12.4 Å². The van der Waals surface area contributed by atoms with Crippen LogP contribution >= 0.6 is 0 Å². The summed E-state index contributed by atoms with van der Waals surface area (Å²) in [5, 5.41) is 6.25. The lowest BCUT2D eigenvalue weighted by molar-refractivity contribution is 1.13. The molecule has 0 unspecified atom stereocenters. The Morgan fingerprint density at radius 2 is 1.88 bits per heavy atom. The molecule has 0 atom stereocenters. The predicted molar refractivity (Wildman–Crippen MR) is 70.7 cm³/mol. The molecule has 2 N–H and O–H groups in total. The summed E-state index contributed by atoms with van der Waals surface area (Å²) in [4.78, 5) is 8.50. The van der Waals surface area contributed by atoms with E-state index in [1.807, 2.05) is 25.2 Å². The van der Waals surface area contributed by atoms with Gasteiger partial charge >= 0.3 is 0 Å². The number of anilines is 3. The third-order valence-electron chi connectivity index (χ3n) is 2.55. The van der Waals surface area contributed by atoms with Crippen LogP contribution in [0.2, 0.25) is 0 Å². The van der Waals surface area contributed by atoms with Crippen LogP contribution in [0, 0.1) is 0 Å². The lowest BCUT2D eigenvalue weighted by atomic mass is 10.1. The molecule has 4 nitrogen and oxygen atoms in total. The molecule has 0 aliphatic rings. The van der Waals surface area contributed by atoms with Gasteiger partial charge in [0, 0.05) is 12.7 Å². The second-order valence-electron chi connectivity index (χ2n) is 3.68. The van der Waals surface area contributed by atoms with Crippen LogP contribution in [0.1, 0.15) is 12.5 Å². The summed E-state index contributed by atoms with van der Waals surface area (Å²) < 4.78 is 0. The van der Waals surface area contributed by atoms with Crippen molar-refractivity contribution < 1.29 is 0 Å². The summed E-state index contributed by atoms with van der Waals surface area (Å²) >= 11 is 0. The van der Waals surface area contributed by atoms with Crippen LogP contribution in [0.25, 0.3) is 0 Å². The highest BCUT2D eigenvalue weighted by molar-refractivity contribution is 5.60. The van der Waals surface area contributed by atoms with Gasteiger partial charge < -0.3 is 10.6 Å². The minimum Gasteiger partial charge on any atom is -0.372 e. The molecule has 0 spiro atoms. The van der Waals surface area contributed by atoms with Gasteiger partial charge in [-0.3, -0.25) is 4.98 Å². The van der Waals surface area contributed by atoms with Crippen molar-refractivity contribution in [3.63, 3.8) is 0 Å². The van der Waals surface area contributed by atoms with Gasteiger partial charge in [-0.25, -0.2) is 4.98 Å². The molecular weight excluding hydrogens is 212 g/mol. The van der Waals surface area contributed by atoms with E-state index in [9.17, 15) is 0 Å². The summed E-state index contributed by atoms with van der Waals surface area (Å²) in [5.41, 5.74) is 2.35. The van der Waals surface area contributed by atoms with Crippen LogP contribution in [0.15, 0.2) is 36.7 Å². The monoisotopic (exact) mass is 228 g/mol. The number of hydrogen-bond donors (Lipinski definition) is 2. The SMILES string of the molecule is CCc1ccccc1Nc1cncc(NC)n1. The molecule has 4 heteroatoms. The lowest BCUT2D eigenvalue weighted by Crippen LogP contribution is -2.00. The van der Waals surface area contributed by atoms with Crippen molar-refractivity contribution in [3.05, 3.63) is 42.2 Å². The van der Waals surface area contributed by atoms with Crippen molar-refractivity contribution in [3.8, 4) is 0 Å². The predicted octanol–water partition coefficient (Wildman–Crippen LogP) is 2.82. The number of aryl methyl sites for hydroxylation is 1. The highest BCUT2D eigenvalue weighted by Gasteiger charge is 2.01. The maximum absolute atomic E-state index is 4.38. The van der Waals surface area contributed by atoms with Crippen LogP contribution in [-0.4, -0.2) is 17.0 Å². The molecule has 0 saturated carbocycles. The van der Waals surface area contributed by atoms with E-state index in [1.54, 1.807) is 12.4 Å². The Morgan fingerprint density at radius 1 is 1.12 bits per heavy atom.